The lowest BCUT2D eigenvalue weighted by Crippen LogP contribution is -2.31. The van der Waals surface area contributed by atoms with Gasteiger partial charge in [0.25, 0.3) is 5.91 Å². The predicted molar refractivity (Wildman–Crippen MR) is 111 cm³/mol. The van der Waals surface area contributed by atoms with Crippen molar-refractivity contribution in [1.82, 2.24) is 14.9 Å². The van der Waals surface area contributed by atoms with Gasteiger partial charge in [0.15, 0.2) is 0 Å². The van der Waals surface area contributed by atoms with E-state index in [2.05, 4.69) is 22.4 Å². The number of carbonyl (C=O) groups excluding carboxylic acids is 1. The zero-order valence-corrected chi connectivity index (χ0v) is 16.6. The highest BCUT2D eigenvalue weighted by Crippen LogP contribution is 2.32. The molecule has 0 aliphatic heterocycles. The van der Waals surface area contributed by atoms with Gasteiger partial charge in [0.05, 0.1) is 0 Å². The molecule has 2 aromatic carbocycles. The zero-order valence-electron chi connectivity index (χ0n) is 16.6. The summed E-state index contributed by atoms with van der Waals surface area (Å²) < 4.78 is 15.2. The van der Waals surface area contributed by atoms with Gasteiger partial charge in [-0.3, -0.25) is 4.79 Å². The molecule has 4 rings (SSSR count). The summed E-state index contributed by atoms with van der Waals surface area (Å²) in [5.74, 6) is 0.832. The highest BCUT2D eigenvalue weighted by molar-refractivity contribution is 5.94. The number of amides is 1. The van der Waals surface area contributed by atoms with E-state index in [1.807, 2.05) is 29.9 Å². The Morgan fingerprint density at radius 3 is 2.38 bits per heavy atom. The molecule has 1 saturated carbocycles. The van der Waals surface area contributed by atoms with Crippen molar-refractivity contribution in [1.29, 1.82) is 0 Å². The summed E-state index contributed by atoms with van der Waals surface area (Å²) in [5, 5.41) is 3.07. The van der Waals surface area contributed by atoms with Crippen LogP contribution in [-0.2, 0) is 7.05 Å². The number of nitrogens with zero attached hydrogens (tertiary/aromatic N) is 2. The first kappa shape index (κ1) is 19.4. The lowest BCUT2D eigenvalue weighted by molar-refractivity contribution is 0.0941. The average Bonchev–Trinajstić information content (AvgIpc) is 3.19. The Hall–Kier alpha value is -2.95. The number of carbonyl (C=O) groups is 1. The third-order valence-corrected chi connectivity index (χ3v) is 5.84. The first-order valence-corrected chi connectivity index (χ1v) is 10.3. The molecule has 4 nitrogen and oxygen atoms in total. The largest absolute Gasteiger partial charge is 0.338 e. The summed E-state index contributed by atoms with van der Waals surface area (Å²) in [6, 6.07) is 13.7. The molecular formula is C24H26FN3O. The normalized spacial score (nSPS) is 15.8. The molecule has 1 aromatic heterocycles. The van der Waals surface area contributed by atoms with E-state index in [0.29, 0.717) is 17.3 Å². The molecule has 1 N–H and O–H groups in total. The molecule has 0 spiro atoms. The van der Waals surface area contributed by atoms with E-state index >= 15 is 0 Å². The third kappa shape index (κ3) is 4.39. The van der Waals surface area contributed by atoms with Crippen molar-refractivity contribution < 1.29 is 9.18 Å². The minimum atomic E-state index is -0.457. The minimum absolute atomic E-state index is 0.169. The molecule has 3 aromatic rings. The summed E-state index contributed by atoms with van der Waals surface area (Å²) in [4.78, 5) is 17.4. The number of imidazole rings is 1. The van der Waals surface area contributed by atoms with Gasteiger partial charge in [-0.15, -0.1) is 0 Å². The lowest BCUT2D eigenvalue weighted by Gasteiger charge is -2.22. The van der Waals surface area contributed by atoms with Crippen LogP contribution in [0.5, 0.6) is 0 Å². The summed E-state index contributed by atoms with van der Waals surface area (Å²) in [6.45, 7) is 0. The molecule has 1 atom stereocenters. The standard InChI is InChI=1S/C24H26FN3O/c1-28-16-15-26-23(28)22(19-11-13-21(25)14-12-19)27-24(29)20-9-7-18(8-10-20)17-5-3-2-4-6-17/h7-17,22H,2-6H2,1H3,(H,27,29)/t22-/m0/s1. The molecule has 1 amide bonds. The fourth-order valence-corrected chi connectivity index (χ4v) is 4.16. The molecule has 1 fully saturated rings. The Morgan fingerprint density at radius 2 is 1.76 bits per heavy atom. The fraction of sp³-hybridized carbons (Fsp3) is 0.333. The zero-order chi connectivity index (χ0) is 20.2. The van der Waals surface area contributed by atoms with Crippen LogP contribution in [0.25, 0.3) is 0 Å². The number of hydrogen-bond donors (Lipinski definition) is 1. The van der Waals surface area contributed by atoms with E-state index in [1.54, 1.807) is 18.3 Å². The van der Waals surface area contributed by atoms with Crippen molar-refractivity contribution in [3.63, 3.8) is 0 Å². The number of rotatable bonds is 5. The van der Waals surface area contributed by atoms with Crippen LogP contribution in [0.2, 0.25) is 0 Å². The second kappa shape index (κ2) is 8.60. The van der Waals surface area contributed by atoms with Gasteiger partial charge in [-0.05, 0) is 54.2 Å². The number of nitrogens with one attached hydrogen (secondary N) is 1. The summed E-state index contributed by atoms with van der Waals surface area (Å²) >= 11 is 0. The lowest BCUT2D eigenvalue weighted by atomic mass is 9.84. The maximum Gasteiger partial charge on any atom is 0.252 e. The molecule has 150 valence electrons. The van der Waals surface area contributed by atoms with Gasteiger partial charge < -0.3 is 9.88 Å². The summed E-state index contributed by atoms with van der Waals surface area (Å²) in [5.41, 5.74) is 2.72. The van der Waals surface area contributed by atoms with Crippen LogP contribution in [0.15, 0.2) is 60.9 Å². The molecule has 1 heterocycles. The Balaban J connectivity index is 1.55. The average molecular weight is 391 g/mol. The van der Waals surface area contributed by atoms with E-state index in [-0.39, 0.29) is 11.7 Å². The molecule has 0 unspecified atom stereocenters. The minimum Gasteiger partial charge on any atom is -0.338 e. The van der Waals surface area contributed by atoms with Crippen LogP contribution >= 0.6 is 0 Å². The van der Waals surface area contributed by atoms with Crippen LogP contribution in [0, 0.1) is 5.82 Å². The van der Waals surface area contributed by atoms with E-state index in [4.69, 9.17) is 0 Å². The molecular weight excluding hydrogens is 365 g/mol. The van der Waals surface area contributed by atoms with Crippen molar-refractivity contribution in [2.24, 2.45) is 7.05 Å². The highest BCUT2D eigenvalue weighted by Gasteiger charge is 2.22. The Labute approximate surface area is 170 Å². The monoisotopic (exact) mass is 391 g/mol. The number of hydrogen-bond acceptors (Lipinski definition) is 2. The number of benzene rings is 2. The smallest absolute Gasteiger partial charge is 0.252 e. The van der Waals surface area contributed by atoms with E-state index in [9.17, 15) is 9.18 Å². The van der Waals surface area contributed by atoms with Gasteiger partial charge in [-0.25, -0.2) is 9.37 Å². The summed E-state index contributed by atoms with van der Waals surface area (Å²) in [6.07, 6.45) is 9.89. The molecule has 1 aliphatic rings. The number of aromatic nitrogens is 2. The second-order valence-corrected chi connectivity index (χ2v) is 7.81. The van der Waals surface area contributed by atoms with Crippen LogP contribution in [0.4, 0.5) is 4.39 Å². The Morgan fingerprint density at radius 1 is 1.07 bits per heavy atom. The van der Waals surface area contributed by atoms with Crippen LogP contribution < -0.4 is 5.32 Å². The van der Waals surface area contributed by atoms with Gasteiger partial charge in [0, 0.05) is 25.0 Å². The molecule has 5 heteroatoms. The third-order valence-electron chi connectivity index (χ3n) is 5.84. The van der Waals surface area contributed by atoms with Crippen LogP contribution in [-0.4, -0.2) is 15.5 Å². The van der Waals surface area contributed by atoms with Crippen molar-refractivity contribution in [2.75, 3.05) is 0 Å². The summed E-state index contributed by atoms with van der Waals surface area (Å²) in [7, 11) is 1.88. The topological polar surface area (TPSA) is 46.9 Å². The van der Waals surface area contributed by atoms with Gasteiger partial charge in [0.2, 0.25) is 0 Å². The molecule has 0 bridgehead atoms. The van der Waals surface area contributed by atoms with Crippen molar-refractivity contribution >= 4 is 5.91 Å². The van der Waals surface area contributed by atoms with Crippen molar-refractivity contribution in [2.45, 2.75) is 44.1 Å². The van der Waals surface area contributed by atoms with Gasteiger partial charge in [-0.1, -0.05) is 43.5 Å². The molecule has 0 radical (unpaired) electrons. The van der Waals surface area contributed by atoms with Crippen molar-refractivity contribution in [3.8, 4) is 0 Å². The second-order valence-electron chi connectivity index (χ2n) is 7.81. The SMILES string of the molecule is Cn1ccnc1[C@@H](NC(=O)c1ccc(C2CCCCC2)cc1)c1ccc(F)cc1. The predicted octanol–water partition coefficient (Wildman–Crippen LogP) is 5.13. The van der Waals surface area contributed by atoms with Crippen molar-refractivity contribution in [3.05, 3.63) is 89.3 Å². The molecule has 1 aliphatic carbocycles. The first-order chi connectivity index (χ1) is 14.1. The van der Waals surface area contributed by atoms with Crippen LogP contribution in [0.3, 0.4) is 0 Å². The van der Waals surface area contributed by atoms with Gasteiger partial charge >= 0.3 is 0 Å². The Bertz CT molecular complexity index is 957. The first-order valence-electron chi connectivity index (χ1n) is 10.3. The van der Waals surface area contributed by atoms with Gasteiger partial charge in [-0.2, -0.15) is 0 Å². The molecule has 29 heavy (non-hydrogen) atoms. The number of aryl methyl sites for hydroxylation is 1. The maximum absolute atomic E-state index is 13.4. The Kier molecular flexibility index (Phi) is 5.74. The molecule has 0 saturated heterocycles. The number of halogens is 1. The van der Waals surface area contributed by atoms with E-state index < -0.39 is 6.04 Å². The fourth-order valence-electron chi connectivity index (χ4n) is 4.16. The quantitative estimate of drug-likeness (QED) is 0.656. The van der Waals surface area contributed by atoms with Gasteiger partial charge in [0.1, 0.15) is 17.7 Å². The van der Waals surface area contributed by atoms with E-state index in [1.165, 1.54) is 49.8 Å². The maximum atomic E-state index is 13.4. The van der Waals surface area contributed by atoms with E-state index in [0.717, 1.165) is 5.56 Å². The van der Waals surface area contributed by atoms with Crippen LogP contribution in [0.1, 0.15) is 71.4 Å². The highest BCUT2D eigenvalue weighted by atomic mass is 19.1.